The van der Waals surface area contributed by atoms with Crippen molar-refractivity contribution in [3.05, 3.63) is 33.9 Å². The Labute approximate surface area is 130 Å². The Balaban J connectivity index is 2.15. The summed E-state index contributed by atoms with van der Waals surface area (Å²) in [5, 5.41) is 0. The lowest BCUT2D eigenvalue weighted by molar-refractivity contribution is -0.134. The third-order valence-electron chi connectivity index (χ3n) is 5.62. The van der Waals surface area contributed by atoms with E-state index in [-0.39, 0.29) is 11.2 Å². The molecule has 0 N–H and O–H groups in total. The monoisotopic (exact) mass is 300 g/mol. The SMILES string of the molecule is CC[Si]OC1(C)C(=O)C2=CC(C)=C(CC)C2=C(C)C12CC2. The summed E-state index contributed by atoms with van der Waals surface area (Å²) in [4.78, 5) is 13.2. The van der Waals surface area contributed by atoms with Gasteiger partial charge in [0, 0.05) is 11.0 Å². The summed E-state index contributed by atoms with van der Waals surface area (Å²) < 4.78 is 6.18. The number of carbonyl (C=O) groups excluding carboxylic acids is 1. The van der Waals surface area contributed by atoms with Gasteiger partial charge in [-0.05, 0) is 68.9 Å². The molecule has 2 radical (unpaired) electrons. The molecule has 0 heterocycles. The molecule has 1 saturated carbocycles. The van der Waals surface area contributed by atoms with E-state index in [2.05, 4.69) is 33.8 Å². The number of ketones is 1. The van der Waals surface area contributed by atoms with Gasteiger partial charge in [0.1, 0.15) is 5.60 Å². The van der Waals surface area contributed by atoms with Crippen LogP contribution in [0, 0.1) is 5.41 Å². The molecule has 1 unspecified atom stereocenters. The average Bonchev–Trinajstić information content (AvgIpc) is 3.21. The third kappa shape index (κ3) is 1.77. The Hall–Kier alpha value is -0.933. The van der Waals surface area contributed by atoms with Crippen molar-refractivity contribution < 1.29 is 9.22 Å². The lowest BCUT2D eigenvalue weighted by Crippen LogP contribution is -2.52. The number of hydrogen-bond donors (Lipinski definition) is 0. The molecule has 21 heavy (non-hydrogen) atoms. The Kier molecular flexibility index (Phi) is 3.41. The number of fused-ring (bicyclic) bond motifs is 1. The van der Waals surface area contributed by atoms with Crippen molar-refractivity contribution in [2.24, 2.45) is 5.41 Å². The summed E-state index contributed by atoms with van der Waals surface area (Å²) in [5.41, 5.74) is 5.48. The van der Waals surface area contributed by atoms with Crippen molar-refractivity contribution in [1.29, 1.82) is 0 Å². The number of carbonyl (C=O) groups is 1. The van der Waals surface area contributed by atoms with Crippen molar-refractivity contribution in [3.8, 4) is 0 Å². The number of allylic oxidation sites excluding steroid dienone is 4. The predicted molar refractivity (Wildman–Crippen MR) is 86.2 cm³/mol. The quantitative estimate of drug-likeness (QED) is 0.729. The molecule has 0 bridgehead atoms. The van der Waals surface area contributed by atoms with Gasteiger partial charge in [0.15, 0.2) is 5.78 Å². The molecule has 3 rings (SSSR count). The molecule has 3 aliphatic carbocycles. The van der Waals surface area contributed by atoms with Gasteiger partial charge in [0.25, 0.3) is 0 Å². The molecule has 0 aromatic heterocycles. The zero-order valence-electron chi connectivity index (χ0n) is 13.7. The minimum atomic E-state index is -0.648. The van der Waals surface area contributed by atoms with Gasteiger partial charge >= 0.3 is 0 Å². The highest BCUT2D eigenvalue weighted by Crippen LogP contribution is 2.66. The maximum absolute atomic E-state index is 13.2. The molecule has 0 aromatic carbocycles. The first-order valence-corrected chi connectivity index (χ1v) is 9.13. The molecule has 0 amide bonds. The van der Waals surface area contributed by atoms with Gasteiger partial charge in [0.05, 0.1) is 0 Å². The van der Waals surface area contributed by atoms with E-state index in [9.17, 15) is 4.79 Å². The molecule has 1 spiro atoms. The van der Waals surface area contributed by atoms with Crippen LogP contribution >= 0.6 is 0 Å². The predicted octanol–water partition coefficient (Wildman–Crippen LogP) is 4.17. The van der Waals surface area contributed by atoms with Gasteiger partial charge in [0.2, 0.25) is 9.76 Å². The first-order chi connectivity index (χ1) is 9.93. The van der Waals surface area contributed by atoms with Crippen molar-refractivity contribution in [2.75, 3.05) is 0 Å². The lowest BCUT2D eigenvalue weighted by atomic mass is 9.67. The van der Waals surface area contributed by atoms with Crippen LogP contribution in [-0.2, 0) is 9.22 Å². The Morgan fingerprint density at radius 2 is 1.95 bits per heavy atom. The van der Waals surface area contributed by atoms with E-state index in [1.807, 2.05) is 6.92 Å². The normalized spacial score (nSPS) is 30.1. The van der Waals surface area contributed by atoms with Crippen LogP contribution in [0.2, 0.25) is 6.04 Å². The van der Waals surface area contributed by atoms with Gasteiger partial charge in [-0.1, -0.05) is 19.4 Å². The van der Waals surface area contributed by atoms with Crippen LogP contribution in [0.25, 0.3) is 0 Å². The largest absolute Gasteiger partial charge is 0.404 e. The molecule has 0 aromatic rings. The topological polar surface area (TPSA) is 26.3 Å². The fourth-order valence-corrected chi connectivity index (χ4v) is 4.93. The Morgan fingerprint density at radius 3 is 2.48 bits per heavy atom. The fraction of sp³-hybridized carbons (Fsp3) is 0.611. The van der Waals surface area contributed by atoms with E-state index in [0.29, 0.717) is 9.76 Å². The zero-order valence-corrected chi connectivity index (χ0v) is 14.7. The highest BCUT2D eigenvalue weighted by Gasteiger charge is 2.66. The lowest BCUT2D eigenvalue weighted by Gasteiger charge is -2.43. The average molecular weight is 300 g/mol. The molecule has 3 heteroatoms. The van der Waals surface area contributed by atoms with Gasteiger partial charge < -0.3 is 4.43 Å². The molecule has 112 valence electrons. The maximum atomic E-state index is 13.2. The zero-order chi connectivity index (χ0) is 15.4. The molecule has 3 aliphatic rings. The van der Waals surface area contributed by atoms with E-state index < -0.39 is 5.60 Å². The van der Waals surface area contributed by atoms with Crippen LogP contribution in [0.4, 0.5) is 0 Å². The third-order valence-corrected chi connectivity index (χ3v) is 6.46. The van der Waals surface area contributed by atoms with Crippen LogP contribution in [0.5, 0.6) is 0 Å². The summed E-state index contributed by atoms with van der Waals surface area (Å²) in [6.07, 6.45) is 5.26. The fourth-order valence-electron chi connectivity index (χ4n) is 4.21. The van der Waals surface area contributed by atoms with E-state index in [1.54, 1.807) is 0 Å². The Morgan fingerprint density at radius 1 is 1.29 bits per heavy atom. The summed E-state index contributed by atoms with van der Waals surface area (Å²) >= 11 is 0. The van der Waals surface area contributed by atoms with Gasteiger partial charge in [-0.15, -0.1) is 0 Å². The minimum absolute atomic E-state index is 0.0377. The molecule has 0 aliphatic heterocycles. The van der Waals surface area contributed by atoms with E-state index in [0.717, 1.165) is 30.9 Å². The minimum Gasteiger partial charge on any atom is -0.404 e. The highest BCUT2D eigenvalue weighted by atomic mass is 28.2. The van der Waals surface area contributed by atoms with E-state index >= 15 is 0 Å². The summed E-state index contributed by atoms with van der Waals surface area (Å²) in [5.74, 6) is 0.212. The van der Waals surface area contributed by atoms with Gasteiger partial charge in [-0.25, -0.2) is 0 Å². The van der Waals surface area contributed by atoms with Crippen LogP contribution in [0.15, 0.2) is 33.9 Å². The molecule has 1 fully saturated rings. The molecular weight excluding hydrogens is 276 g/mol. The smallest absolute Gasteiger partial charge is 0.230 e. The number of Topliss-reactive ketones (excluding diaryl/α,β-unsaturated/α-hetero) is 1. The second-order valence-corrected chi connectivity index (χ2v) is 7.82. The number of rotatable bonds is 4. The summed E-state index contributed by atoms with van der Waals surface area (Å²) in [6.45, 7) is 10.7. The standard InChI is InChI=1S/C18H24O2Si/c1-6-13-11(3)10-14-15(13)12(4)18(8-9-18)17(5,16(14)19)20-21-7-2/h10H,6-9H2,1-5H3. The molecule has 1 atom stereocenters. The first kappa shape index (κ1) is 15.0. The van der Waals surface area contributed by atoms with Crippen molar-refractivity contribution in [1.82, 2.24) is 0 Å². The van der Waals surface area contributed by atoms with Gasteiger partial charge in [-0.3, -0.25) is 4.79 Å². The maximum Gasteiger partial charge on any atom is 0.230 e. The summed E-state index contributed by atoms with van der Waals surface area (Å²) in [6, 6.07) is 0.977. The Bertz CT molecular complexity index is 605. The van der Waals surface area contributed by atoms with Crippen LogP contribution in [0.3, 0.4) is 0 Å². The second kappa shape index (κ2) is 4.78. The van der Waals surface area contributed by atoms with Crippen LogP contribution in [0.1, 0.15) is 53.9 Å². The van der Waals surface area contributed by atoms with E-state index in [1.165, 1.54) is 22.3 Å². The van der Waals surface area contributed by atoms with Crippen LogP contribution < -0.4 is 0 Å². The first-order valence-electron chi connectivity index (χ1n) is 8.02. The van der Waals surface area contributed by atoms with Crippen molar-refractivity contribution in [2.45, 2.75) is 65.5 Å². The highest BCUT2D eigenvalue weighted by molar-refractivity contribution is 6.28. The number of hydrogen-bond acceptors (Lipinski definition) is 2. The second-order valence-electron chi connectivity index (χ2n) is 6.62. The molecule has 0 saturated heterocycles. The molecular formula is C18H24O2Si. The summed E-state index contributed by atoms with van der Waals surface area (Å²) in [7, 11) is 0.407. The van der Waals surface area contributed by atoms with Gasteiger partial charge in [-0.2, -0.15) is 0 Å². The van der Waals surface area contributed by atoms with Crippen LogP contribution in [-0.4, -0.2) is 21.1 Å². The van der Waals surface area contributed by atoms with E-state index in [4.69, 9.17) is 4.43 Å². The van der Waals surface area contributed by atoms with Crippen molar-refractivity contribution >= 4 is 15.5 Å². The molecule has 2 nitrogen and oxygen atoms in total. The van der Waals surface area contributed by atoms with Crippen molar-refractivity contribution in [3.63, 3.8) is 0 Å².